The molecular weight excluding hydrogens is 361 g/mol. The average Bonchev–Trinajstić information content (AvgIpc) is 3.34. The van der Waals surface area contributed by atoms with Gasteiger partial charge in [0.2, 0.25) is 5.91 Å². The smallest absolute Gasteiger partial charge is 0.341 e. The summed E-state index contributed by atoms with van der Waals surface area (Å²) < 4.78 is 41.2. The zero-order valence-electron chi connectivity index (χ0n) is 14.6. The largest absolute Gasteiger partial charge is 0.416 e. The number of alkyl halides is 3. The van der Waals surface area contributed by atoms with Crippen LogP contribution in [0.2, 0.25) is 0 Å². The molecule has 1 amide bonds. The van der Waals surface area contributed by atoms with Crippen LogP contribution >= 0.6 is 0 Å². The molecule has 0 spiro atoms. The van der Waals surface area contributed by atoms with Crippen molar-refractivity contribution in [2.45, 2.75) is 44.4 Å². The standard InChI is InChI=1S/C18H19F3N4O2/c19-18(20,21)13-5-3-4-12(10-13)11-24-17(27)25-14(6-7-15(25)22-24)16(26)23-8-1-2-9-23/h3-5,10,14H,1-2,6-9,11H2. The van der Waals surface area contributed by atoms with Crippen LogP contribution in [0.4, 0.5) is 13.2 Å². The minimum absolute atomic E-state index is 0.0621. The van der Waals surface area contributed by atoms with E-state index in [9.17, 15) is 22.8 Å². The molecule has 0 aliphatic carbocycles. The highest BCUT2D eigenvalue weighted by molar-refractivity contribution is 5.81. The maximum absolute atomic E-state index is 12.9. The molecule has 2 aliphatic rings. The van der Waals surface area contributed by atoms with Gasteiger partial charge in [0.15, 0.2) is 0 Å². The predicted molar refractivity (Wildman–Crippen MR) is 90.2 cm³/mol. The van der Waals surface area contributed by atoms with Gasteiger partial charge in [-0.2, -0.15) is 18.3 Å². The van der Waals surface area contributed by atoms with Crippen molar-refractivity contribution in [2.75, 3.05) is 13.1 Å². The Bertz CT molecular complexity index is 925. The number of carbonyl (C=O) groups excluding carboxylic acids is 1. The minimum Gasteiger partial charge on any atom is -0.341 e. The summed E-state index contributed by atoms with van der Waals surface area (Å²) in [6.45, 7) is 1.35. The number of nitrogens with zero attached hydrogens (tertiary/aromatic N) is 4. The lowest BCUT2D eigenvalue weighted by Crippen LogP contribution is -2.38. The Balaban J connectivity index is 1.60. The zero-order chi connectivity index (χ0) is 19.2. The van der Waals surface area contributed by atoms with Crippen molar-refractivity contribution in [1.29, 1.82) is 0 Å². The van der Waals surface area contributed by atoms with Crippen LogP contribution in [0.15, 0.2) is 29.1 Å². The first-order valence-corrected chi connectivity index (χ1v) is 8.98. The van der Waals surface area contributed by atoms with Crippen LogP contribution in [0.25, 0.3) is 0 Å². The maximum atomic E-state index is 12.9. The van der Waals surface area contributed by atoms with Gasteiger partial charge in [-0.3, -0.25) is 9.36 Å². The van der Waals surface area contributed by atoms with Gasteiger partial charge in [-0.25, -0.2) is 9.48 Å². The summed E-state index contributed by atoms with van der Waals surface area (Å²) in [4.78, 5) is 27.2. The highest BCUT2D eigenvalue weighted by Crippen LogP contribution is 2.30. The Hall–Kier alpha value is -2.58. The second-order valence-electron chi connectivity index (χ2n) is 7.01. The Morgan fingerprint density at radius 3 is 2.67 bits per heavy atom. The number of benzene rings is 1. The van der Waals surface area contributed by atoms with Crippen LogP contribution in [-0.2, 0) is 23.9 Å². The van der Waals surface area contributed by atoms with Gasteiger partial charge in [0.1, 0.15) is 11.9 Å². The molecule has 6 nitrogen and oxygen atoms in total. The molecule has 1 unspecified atom stereocenters. The highest BCUT2D eigenvalue weighted by Gasteiger charge is 2.36. The van der Waals surface area contributed by atoms with E-state index >= 15 is 0 Å². The van der Waals surface area contributed by atoms with E-state index in [1.54, 1.807) is 4.90 Å². The number of aryl methyl sites for hydroxylation is 1. The summed E-state index contributed by atoms with van der Waals surface area (Å²) >= 11 is 0. The zero-order valence-corrected chi connectivity index (χ0v) is 14.6. The SMILES string of the molecule is O=C(C1CCc2nn(Cc3cccc(C(F)(F)F)c3)c(=O)n21)N1CCCC1. The monoisotopic (exact) mass is 380 g/mol. The first kappa shape index (κ1) is 17.8. The molecule has 2 aromatic rings. The summed E-state index contributed by atoms with van der Waals surface area (Å²) in [5.74, 6) is 0.455. The Morgan fingerprint density at radius 1 is 1.22 bits per heavy atom. The summed E-state index contributed by atoms with van der Waals surface area (Å²) in [5.41, 5.74) is -0.870. The van der Waals surface area contributed by atoms with E-state index in [0.717, 1.165) is 29.7 Å². The molecular formula is C18H19F3N4O2. The number of halogens is 3. The maximum Gasteiger partial charge on any atom is 0.416 e. The topological polar surface area (TPSA) is 60.1 Å². The number of amides is 1. The van der Waals surface area contributed by atoms with E-state index < -0.39 is 23.5 Å². The van der Waals surface area contributed by atoms with Crippen molar-refractivity contribution in [3.8, 4) is 0 Å². The normalized spacial score (nSPS) is 19.5. The summed E-state index contributed by atoms with van der Waals surface area (Å²) in [5, 5.41) is 4.25. The Labute approximate surface area is 153 Å². The van der Waals surface area contributed by atoms with Gasteiger partial charge < -0.3 is 4.90 Å². The van der Waals surface area contributed by atoms with Crippen LogP contribution in [0, 0.1) is 0 Å². The molecule has 0 saturated carbocycles. The van der Waals surface area contributed by atoms with E-state index in [0.29, 0.717) is 37.3 Å². The number of fused-ring (bicyclic) bond motifs is 1. The number of carbonyl (C=O) groups is 1. The van der Waals surface area contributed by atoms with Crippen molar-refractivity contribution in [3.05, 3.63) is 51.7 Å². The molecule has 3 heterocycles. The van der Waals surface area contributed by atoms with Crippen molar-refractivity contribution < 1.29 is 18.0 Å². The number of hydrogen-bond acceptors (Lipinski definition) is 3. The number of rotatable bonds is 3. The Morgan fingerprint density at radius 2 is 1.96 bits per heavy atom. The summed E-state index contributed by atoms with van der Waals surface area (Å²) in [6.07, 6.45) is -1.46. The number of aromatic nitrogens is 3. The summed E-state index contributed by atoms with van der Waals surface area (Å²) in [7, 11) is 0. The van der Waals surface area contributed by atoms with Crippen molar-refractivity contribution in [3.63, 3.8) is 0 Å². The Kier molecular flexibility index (Phi) is 4.32. The van der Waals surface area contributed by atoms with E-state index in [-0.39, 0.29) is 12.5 Å². The van der Waals surface area contributed by atoms with Crippen LogP contribution < -0.4 is 5.69 Å². The lowest BCUT2D eigenvalue weighted by atomic mass is 10.1. The van der Waals surface area contributed by atoms with Gasteiger partial charge in [0.25, 0.3) is 0 Å². The van der Waals surface area contributed by atoms with Gasteiger partial charge >= 0.3 is 11.9 Å². The molecule has 9 heteroatoms. The lowest BCUT2D eigenvalue weighted by Gasteiger charge is -2.20. The molecule has 2 aliphatic heterocycles. The van der Waals surface area contributed by atoms with Crippen molar-refractivity contribution >= 4 is 5.91 Å². The molecule has 1 aromatic carbocycles. The van der Waals surface area contributed by atoms with Crippen molar-refractivity contribution in [1.82, 2.24) is 19.2 Å². The first-order chi connectivity index (χ1) is 12.8. The van der Waals surface area contributed by atoms with Gasteiger partial charge in [-0.15, -0.1) is 0 Å². The third-order valence-electron chi connectivity index (χ3n) is 5.18. The third-order valence-corrected chi connectivity index (χ3v) is 5.18. The van der Waals surface area contributed by atoms with E-state index in [1.165, 1.54) is 16.7 Å². The van der Waals surface area contributed by atoms with Gasteiger partial charge in [0, 0.05) is 19.5 Å². The fourth-order valence-electron chi connectivity index (χ4n) is 3.85. The van der Waals surface area contributed by atoms with Crippen LogP contribution in [-0.4, -0.2) is 38.2 Å². The molecule has 1 fully saturated rings. The molecule has 0 radical (unpaired) electrons. The highest BCUT2D eigenvalue weighted by atomic mass is 19.4. The van der Waals surface area contributed by atoms with Gasteiger partial charge in [0.05, 0.1) is 12.1 Å². The third kappa shape index (κ3) is 3.26. The summed E-state index contributed by atoms with van der Waals surface area (Å²) in [6, 6.07) is 4.29. The molecule has 4 rings (SSSR count). The average molecular weight is 380 g/mol. The quantitative estimate of drug-likeness (QED) is 0.821. The molecule has 1 atom stereocenters. The van der Waals surface area contributed by atoms with Gasteiger partial charge in [-0.05, 0) is 37.0 Å². The second kappa shape index (κ2) is 6.54. The lowest BCUT2D eigenvalue weighted by molar-refractivity contribution is -0.137. The molecule has 0 bridgehead atoms. The minimum atomic E-state index is -4.44. The van der Waals surface area contributed by atoms with E-state index in [2.05, 4.69) is 5.10 Å². The molecule has 144 valence electrons. The fourth-order valence-corrected chi connectivity index (χ4v) is 3.85. The second-order valence-corrected chi connectivity index (χ2v) is 7.01. The van der Waals surface area contributed by atoms with Crippen LogP contribution in [0.5, 0.6) is 0 Å². The van der Waals surface area contributed by atoms with Crippen molar-refractivity contribution in [2.24, 2.45) is 0 Å². The predicted octanol–water partition coefficient (Wildman–Crippen LogP) is 2.22. The molecule has 1 saturated heterocycles. The number of hydrogen-bond donors (Lipinski definition) is 0. The van der Waals surface area contributed by atoms with E-state index in [1.807, 2.05) is 0 Å². The molecule has 27 heavy (non-hydrogen) atoms. The first-order valence-electron chi connectivity index (χ1n) is 8.98. The van der Waals surface area contributed by atoms with Gasteiger partial charge in [-0.1, -0.05) is 12.1 Å². The number of likely N-dealkylation sites (tertiary alicyclic amines) is 1. The van der Waals surface area contributed by atoms with Crippen LogP contribution in [0.3, 0.4) is 0 Å². The van der Waals surface area contributed by atoms with E-state index in [4.69, 9.17) is 0 Å². The fraction of sp³-hybridized carbons (Fsp3) is 0.500. The molecule has 0 N–H and O–H groups in total. The van der Waals surface area contributed by atoms with Crippen LogP contribution in [0.1, 0.15) is 42.3 Å². The molecule has 1 aromatic heterocycles.